The summed E-state index contributed by atoms with van der Waals surface area (Å²) in [5.74, 6) is -1.02. The number of halogens is 1. The van der Waals surface area contributed by atoms with Crippen molar-refractivity contribution in [2.45, 2.75) is 13.5 Å². The Balaban J connectivity index is 1.53. The molecule has 0 aliphatic carbocycles. The van der Waals surface area contributed by atoms with Gasteiger partial charge in [0.1, 0.15) is 18.0 Å². The Kier molecular flexibility index (Phi) is 5.09. The fourth-order valence-corrected chi connectivity index (χ4v) is 3.71. The van der Waals surface area contributed by atoms with Gasteiger partial charge in [-0.05, 0) is 42.8 Å². The molecule has 0 radical (unpaired) electrons. The van der Waals surface area contributed by atoms with E-state index in [1.54, 1.807) is 18.2 Å². The van der Waals surface area contributed by atoms with Crippen LogP contribution in [0.15, 0.2) is 65.6 Å². The van der Waals surface area contributed by atoms with Gasteiger partial charge in [-0.2, -0.15) is 4.73 Å². The lowest BCUT2D eigenvalue weighted by Crippen LogP contribution is -2.32. The molecule has 0 fully saturated rings. The fourth-order valence-electron chi connectivity index (χ4n) is 2.75. The van der Waals surface area contributed by atoms with Crippen molar-refractivity contribution < 1.29 is 14.0 Å². The van der Waals surface area contributed by atoms with Gasteiger partial charge in [-0.15, -0.1) is 0 Å². The summed E-state index contributed by atoms with van der Waals surface area (Å²) in [7, 11) is 0. The van der Waals surface area contributed by atoms with Gasteiger partial charge in [0, 0.05) is 11.8 Å². The molecule has 2 aromatic carbocycles. The molecule has 0 unspecified atom stereocenters. The summed E-state index contributed by atoms with van der Waals surface area (Å²) in [6.45, 7) is 1.83. The van der Waals surface area contributed by atoms with Gasteiger partial charge < -0.3 is 4.84 Å². The summed E-state index contributed by atoms with van der Waals surface area (Å²) in [6.07, 6.45) is 1.38. The largest absolute Gasteiger partial charge is 0.406 e. The highest BCUT2D eigenvalue weighted by molar-refractivity contribution is 7.22. The number of carbonyl (C=O) groups excluding carboxylic acids is 1. The van der Waals surface area contributed by atoms with Crippen molar-refractivity contribution in [3.63, 3.8) is 0 Å². The third-order valence-electron chi connectivity index (χ3n) is 4.24. The monoisotopic (exact) mass is 409 g/mol. The maximum absolute atomic E-state index is 13.7. The molecule has 29 heavy (non-hydrogen) atoms. The molecule has 1 N–H and O–H groups in total. The summed E-state index contributed by atoms with van der Waals surface area (Å²) in [6, 6.07) is 14.8. The number of nitrogens with one attached hydrogen (secondary N) is 1. The number of rotatable bonds is 5. The van der Waals surface area contributed by atoms with Gasteiger partial charge in [0.25, 0.3) is 11.5 Å². The number of thiazole rings is 1. The zero-order valence-electron chi connectivity index (χ0n) is 15.4. The molecule has 0 spiro atoms. The Hall–Kier alpha value is -3.52. The summed E-state index contributed by atoms with van der Waals surface area (Å²) >= 11 is 1.33. The second-order valence-electron chi connectivity index (χ2n) is 6.36. The number of hydrogen-bond donors (Lipinski definition) is 1. The summed E-state index contributed by atoms with van der Waals surface area (Å²) in [5, 5.41) is 3.06. The van der Waals surface area contributed by atoms with Gasteiger partial charge in [0.15, 0.2) is 5.13 Å². The average molecular weight is 409 g/mol. The first kappa shape index (κ1) is 18.8. The highest BCUT2D eigenvalue weighted by Crippen LogP contribution is 2.26. The Labute approximate surface area is 169 Å². The molecule has 0 bridgehead atoms. The first-order valence-electron chi connectivity index (χ1n) is 8.78. The molecule has 2 aromatic heterocycles. The second kappa shape index (κ2) is 7.84. The number of benzene rings is 2. The van der Waals surface area contributed by atoms with Gasteiger partial charge in [0.05, 0.1) is 10.2 Å². The number of nitrogens with zero attached hydrogens (tertiary/aromatic N) is 2. The molecule has 6 nitrogen and oxygen atoms in total. The maximum atomic E-state index is 13.7. The van der Waals surface area contributed by atoms with Crippen molar-refractivity contribution >= 4 is 32.6 Å². The summed E-state index contributed by atoms with van der Waals surface area (Å²) < 4.78 is 15.6. The molecule has 4 aromatic rings. The highest BCUT2D eigenvalue weighted by atomic mass is 32.1. The molecule has 2 heterocycles. The number of aromatic nitrogens is 2. The molecular weight excluding hydrogens is 393 g/mol. The number of pyridine rings is 1. The third kappa shape index (κ3) is 4.02. The predicted molar refractivity (Wildman–Crippen MR) is 110 cm³/mol. The minimum Gasteiger partial charge on any atom is -0.406 e. The minimum atomic E-state index is -0.640. The lowest BCUT2D eigenvalue weighted by molar-refractivity contribution is 0.0847. The second-order valence-corrected chi connectivity index (χ2v) is 7.39. The molecule has 0 aliphatic heterocycles. The van der Waals surface area contributed by atoms with Crippen LogP contribution < -0.4 is 15.7 Å². The molecule has 0 aliphatic rings. The quantitative estimate of drug-likeness (QED) is 0.544. The maximum Gasteiger partial charge on any atom is 0.295 e. The molecule has 146 valence electrons. The highest BCUT2D eigenvalue weighted by Gasteiger charge is 2.15. The third-order valence-corrected chi connectivity index (χ3v) is 5.17. The van der Waals surface area contributed by atoms with Crippen molar-refractivity contribution in [2.75, 3.05) is 5.32 Å². The Morgan fingerprint density at radius 3 is 2.86 bits per heavy atom. The predicted octanol–water partition coefficient (Wildman–Crippen LogP) is 3.79. The van der Waals surface area contributed by atoms with Crippen LogP contribution in [0.4, 0.5) is 9.52 Å². The Bertz CT molecular complexity index is 1270. The first-order valence-corrected chi connectivity index (χ1v) is 9.60. The van der Waals surface area contributed by atoms with E-state index in [4.69, 9.17) is 4.84 Å². The van der Waals surface area contributed by atoms with Crippen LogP contribution in [0, 0.1) is 12.7 Å². The molecule has 8 heteroatoms. The van der Waals surface area contributed by atoms with Gasteiger partial charge in [0.2, 0.25) is 0 Å². The van der Waals surface area contributed by atoms with Gasteiger partial charge in [-0.3, -0.25) is 14.9 Å². The minimum absolute atomic E-state index is 0.100. The van der Waals surface area contributed by atoms with Crippen molar-refractivity contribution in [3.8, 4) is 0 Å². The van der Waals surface area contributed by atoms with E-state index >= 15 is 0 Å². The van der Waals surface area contributed by atoms with Crippen LogP contribution in [0.25, 0.3) is 10.2 Å². The van der Waals surface area contributed by atoms with E-state index in [0.717, 1.165) is 20.5 Å². The van der Waals surface area contributed by atoms with Crippen LogP contribution >= 0.6 is 11.3 Å². The molecule has 0 saturated heterocycles. The molecule has 4 rings (SSSR count). The van der Waals surface area contributed by atoms with E-state index in [9.17, 15) is 14.0 Å². The zero-order chi connectivity index (χ0) is 20.4. The van der Waals surface area contributed by atoms with Crippen LogP contribution in [-0.4, -0.2) is 15.6 Å². The number of aryl methyl sites for hydroxylation is 1. The van der Waals surface area contributed by atoms with Crippen molar-refractivity contribution in [1.29, 1.82) is 0 Å². The lowest BCUT2D eigenvalue weighted by Gasteiger charge is -2.10. The normalized spacial score (nSPS) is 10.8. The molecular formula is C21H16FN3O3S. The van der Waals surface area contributed by atoms with Crippen LogP contribution in [0.3, 0.4) is 0 Å². The summed E-state index contributed by atoms with van der Waals surface area (Å²) in [4.78, 5) is 34.9. The van der Waals surface area contributed by atoms with Gasteiger partial charge in [-0.1, -0.05) is 35.6 Å². The van der Waals surface area contributed by atoms with E-state index < -0.39 is 17.3 Å². The number of amides is 1. The number of anilines is 1. The lowest BCUT2D eigenvalue weighted by atomic mass is 10.2. The summed E-state index contributed by atoms with van der Waals surface area (Å²) in [5.41, 5.74) is 1.43. The Morgan fingerprint density at radius 1 is 1.21 bits per heavy atom. The van der Waals surface area contributed by atoms with Gasteiger partial charge >= 0.3 is 0 Å². The van der Waals surface area contributed by atoms with Crippen molar-refractivity contribution in [1.82, 2.24) is 9.71 Å². The van der Waals surface area contributed by atoms with E-state index in [2.05, 4.69) is 10.3 Å². The van der Waals surface area contributed by atoms with E-state index in [1.165, 1.54) is 35.7 Å². The van der Waals surface area contributed by atoms with E-state index in [-0.39, 0.29) is 12.2 Å². The smallest absolute Gasteiger partial charge is 0.295 e. The molecule has 1 amide bonds. The fraction of sp³-hybridized carbons (Fsp3) is 0.0952. The van der Waals surface area contributed by atoms with Crippen molar-refractivity contribution in [2.24, 2.45) is 0 Å². The standard InChI is InChI=1S/C21H16FN3O3S/c1-13-8-9-17-18(11-13)29-21(23-17)24-19(26)15-6-4-10-25(20(15)27)28-12-14-5-2-3-7-16(14)22/h2-11H,12H2,1H3,(H,23,24,26). The average Bonchev–Trinajstić information content (AvgIpc) is 3.09. The molecule has 0 atom stereocenters. The van der Waals surface area contributed by atoms with E-state index in [1.807, 2.05) is 25.1 Å². The van der Waals surface area contributed by atoms with Crippen LogP contribution in [0.5, 0.6) is 0 Å². The number of hydrogen-bond acceptors (Lipinski definition) is 5. The Morgan fingerprint density at radius 2 is 2.03 bits per heavy atom. The first-order chi connectivity index (χ1) is 14.0. The number of fused-ring (bicyclic) bond motifs is 1. The topological polar surface area (TPSA) is 73.2 Å². The van der Waals surface area contributed by atoms with Crippen LogP contribution in [-0.2, 0) is 6.61 Å². The zero-order valence-corrected chi connectivity index (χ0v) is 16.2. The van der Waals surface area contributed by atoms with E-state index in [0.29, 0.717) is 10.7 Å². The van der Waals surface area contributed by atoms with Gasteiger partial charge in [-0.25, -0.2) is 9.37 Å². The molecule has 0 saturated carbocycles. The number of carbonyl (C=O) groups is 1. The van der Waals surface area contributed by atoms with Crippen molar-refractivity contribution in [3.05, 3.63) is 93.7 Å². The van der Waals surface area contributed by atoms with Crippen LogP contribution in [0.2, 0.25) is 0 Å². The SMILES string of the molecule is Cc1ccc2nc(NC(=O)c3cccn(OCc4ccccc4F)c3=O)sc2c1. The van der Waals surface area contributed by atoms with Crippen LogP contribution in [0.1, 0.15) is 21.5 Å².